The van der Waals surface area contributed by atoms with Gasteiger partial charge in [0.1, 0.15) is 5.82 Å². The number of nitrogens with one attached hydrogen (secondary N) is 2. The van der Waals surface area contributed by atoms with Crippen molar-refractivity contribution in [1.82, 2.24) is 15.3 Å². The molecule has 6 heteroatoms. The van der Waals surface area contributed by atoms with E-state index in [1.807, 2.05) is 7.05 Å². The second-order valence-corrected chi connectivity index (χ2v) is 5.22. The predicted octanol–water partition coefficient (Wildman–Crippen LogP) is 3.07. The van der Waals surface area contributed by atoms with Crippen LogP contribution in [0.3, 0.4) is 0 Å². The van der Waals surface area contributed by atoms with Crippen LogP contribution in [0.1, 0.15) is 6.42 Å². The summed E-state index contributed by atoms with van der Waals surface area (Å²) in [6.45, 7) is 1.74. The smallest absolute Gasteiger partial charge is 0.222 e. The van der Waals surface area contributed by atoms with Crippen molar-refractivity contribution in [3.63, 3.8) is 0 Å². The molecule has 0 saturated heterocycles. The molecule has 106 valence electrons. The molecule has 20 heavy (non-hydrogen) atoms. The fourth-order valence-corrected chi connectivity index (χ4v) is 2.10. The van der Waals surface area contributed by atoms with Crippen LogP contribution in [0.2, 0.25) is 0 Å². The zero-order valence-corrected chi connectivity index (χ0v) is 12.7. The lowest BCUT2D eigenvalue weighted by Crippen LogP contribution is -2.13. The average Bonchev–Trinajstić information content (AvgIpc) is 2.47. The molecule has 1 aromatic carbocycles. The van der Waals surface area contributed by atoms with Gasteiger partial charge in [0.25, 0.3) is 0 Å². The van der Waals surface area contributed by atoms with Crippen molar-refractivity contribution < 1.29 is 4.39 Å². The minimum atomic E-state index is -0.286. The Hall–Kier alpha value is -1.53. The van der Waals surface area contributed by atoms with E-state index in [9.17, 15) is 4.39 Å². The van der Waals surface area contributed by atoms with Gasteiger partial charge in [-0.2, -0.15) is 0 Å². The SMILES string of the molecule is CNCCCNc1ncc(-c2cc(Br)ccc2F)cn1. The normalized spacial score (nSPS) is 10.6. The summed E-state index contributed by atoms with van der Waals surface area (Å²) >= 11 is 3.33. The molecule has 0 unspecified atom stereocenters. The minimum Gasteiger partial charge on any atom is -0.354 e. The Morgan fingerprint density at radius 3 is 2.65 bits per heavy atom. The highest BCUT2D eigenvalue weighted by molar-refractivity contribution is 9.10. The summed E-state index contributed by atoms with van der Waals surface area (Å²) in [5, 5.41) is 6.19. The Morgan fingerprint density at radius 2 is 1.95 bits per heavy atom. The van der Waals surface area contributed by atoms with Gasteiger partial charge in [0, 0.05) is 34.5 Å². The maximum Gasteiger partial charge on any atom is 0.222 e. The summed E-state index contributed by atoms with van der Waals surface area (Å²) in [6.07, 6.45) is 4.23. The maximum absolute atomic E-state index is 13.7. The highest BCUT2D eigenvalue weighted by atomic mass is 79.9. The van der Waals surface area contributed by atoms with Crippen LogP contribution in [0.15, 0.2) is 35.1 Å². The molecule has 1 aromatic heterocycles. The predicted molar refractivity (Wildman–Crippen MR) is 82.2 cm³/mol. The van der Waals surface area contributed by atoms with Crippen LogP contribution < -0.4 is 10.6 Å². The molecule has 2 rings (SSSR count). The number of aromatic nitrogens is 2. The second kappa shape index (κ2) is 7.31. The largest absolute Gasteiger partial charge is 0.354 e. The quantitative estimate of drug-likeness (QED) is 0.795. The number of hydrogen-bond acceptors (Lipinski definition) is 4. The first-order valence-electron chi connectivity index (χ1n) is 6.36. The minimum absolute atomic E-state index is 0.286. The lowest BCUT2D eigenvalue weighted by Gasteiger charge is -2.06. The van der Waals surface area contributed by atoms with Crippen molar-refractivity contribution in [1.29, 1.82) is 0 Å². The molecule has 0 aliphatic carbocycles. The van der Waals surface area contributed by atoms with Gasteiger partial charge in [-0.3, -0.25) is 0 Å². The van der Waals surface area contributed by atoms with E-state index in [4.69, 9.17) is 0 Å². The molecule has 4 nitrogen and oxygen atoms in total. The summed E-state index contributed by atoms with van der Waals surface area (Å²) in [4.78, 5) is 8.40. The number of rotatable bonds is 6. The third-order valence-corrected chi connectivity index (χ3v) is 3.27. The van der Waals surface area contributed by atoms with Gasteiger partial charge in [-0.15, -0.1) is 0 Å². The number of benzene rings is 1. The Morgan fingerprint density at radius 1 is 1.20 bits per heavy atom. The van der Waals surface area contributed by atoms with Crippen molar-refractivity contribution in [3.05, 3.63) is 40.9 Å². The second-order valence-electron chi connectivity index (χ2n) is 4.30. The third kappa shape index (κ3) is 3.98. The van der Waals surface area contributed by atoms with E-state index < -0.39 is 0 Å². The standard InChI is InChI=1S/C14H16BrFN4/c1-17-5-2-6-18-14-19-8-10(9-20-14)12-7-11(15)3-4-13(12)16/h3-4,7-9,17H,2,5-6H2,1H3,(H,18,19,20). The summed E-state index contributed by atoms with van der Waals surface area (Å²) in [5.74, 6) is 0.270. The first-order valence-corrected chi connectivity index (χ1v) is 7.16. The highest BCUT2D eigenvalue weighted by Gasteiger charge is 2.07. The molecule has 0 spiro atoms. The van der Waals surface area contributed by atoms with Gasteiger partial charge >= 0.3 is 0 Å². The van der Waals surface area contributed by atoms with Gasteiger partial charge in [-0.25, -0.2) is 14.4 Å². The van der Waals surface area contributed by atoms with Crippen LogP contribution in [0, 0.1) is 5.82 Å². The Balaban J connectivity index is 2.06. The van der Waals surface area contributed by atoms with Gasteiger partial charge in [0.15, 0.2) is 0 Å². The zero-order chi connectivity index (χ0) is 14.4. The van der Waals surface area contributed by atoms with Gasteiger partial charge in [-0.1, -0.05) is 15.9 Å². The lowest BCUT2D eigenvalue weighted by molar-refractivity contribution is 0.631. The van der Waals surface area contributed by atoms with E-state index in [1.165, 1.54) is 6.07 Å². The molecule has 0 bridgehead atoms. The van der Waals surface area contributed by atoms with Crippen LogP contribution in [0.25, 0.3) is 11.1 Å². The summed E-state index contributed by atoms with van der Waals surface area (Å²) in [6, 6.07) is 4.80. The van der Waals surface area contributed by atoms with E-state index in [2.05, 4.69) is 36.5 Å². The van der Waals surface area contributed by atoms with Crippen LogP contribution >= 0.6 is 15.9 Å². The number of halogens is 2. The summed E-state index contributed by atoms with van der Waals surface area (Å²) in [5.41, 5.74) is 1.14. The highest BCUT2D eigenvalue weighted by Crippen LogP contribution is 2.25. The molecule has 0 saturated carbocycles. The van der Waals surface area contributed by atoms with E-state index in [0.717, 1.165) is 24.0 Å². The summed E-state index contributed by atoms with van der Waals surface area (Å²) in [7, 11) is 1.91. The van der Waals surface area contributed by atoms with E-state index in [-0.39, 0.29) is 5.82 Å². The molecule has 2 N–H and O–H groups in total. The molecule has 0 amide bonds. The van der Waals surface area contributed by atoms with Crippen molar-refractivity contribution in [2.45, 2.75) is 6.42 Å². The first-order chi connectivity index (χ1) is 9.70. The maximum atomic E-state index is 13.7. The molecular formula is C14H16BrFN4. The first kappa shape index (κ1) is 14.9. The Bertz CT molecular complexity index is 560. The average molecular weight is 339 g/mol. The Kier molecular flexibility index (Phi) is 5.43. The zero-order valence-electron chi connectivity index (χ0n) is 11.2. The topological polar surface area (TPSA) is 49.8 Å². The molecule has 0 atom stereocenters. The van der Waals surface area contributed by atoms with Crippen molar-refractivity contribution in [2.75, 3.05) is 25.5 Å². The van der Waals surface area contributed by atoms with Crippen molar-refractivity contribution in [2.24, 2.45) is 0 Å². The number of hydrogen-bond donors (Lipinski definition) is 2. The number of anilines is 1. The molecule has 0 radical (unpaired) electrons. The Labute approximate surface area is 126 Å². The van der Waals surface area contributed by atoms with Gasteiger partial charge < -0.3 is 10.6 Å². The third-order valence-electron chi connectivity index (χ3n) is 2.78. The van der Waals surface area contributed by atoms with E-state index >= 15 is 0 Å². The fourth-order valence-electron chi connectivity index (χ4n) is 1.74. The fraction of sp³-hybridized carbons (Fsp3) is 0.286. The monoisotopic (exact) mass is 338 g/mol. The lowest BCUT2D eigenvalue weighted by atomic mass is 10.1. The van der Waals surface area contributed by atoms with Crippen LogP contribution in [-0.2, 0) is 0 Å². The molecule has 1 heterocycles. The molecule has 2 aromatic rings. The van der Waals surface area contributed by atoms with Gasteiger partial charge in [-0.05, 0) is 38.2 Å². The van der Waals surface area contributed by atoms with Gasteiger partial charge in [0.05, 0.1) is 0 Å². The van der Waals surface area contributed by atoms with Crippen LogP contribution in [0.5, 0.6) is 0 Å². The van der Waals surface area contributed by atoms with Crippen molar-refractivity contribution in [3.8, 4) is 11.1 Å². The van der Waals surface area contributed by atoms with Gasteiger partial charge in [0.2, 0.25) is 5.95 Å². The number of nitrogens with zero attached hydrogens (tertiary/aromatic N) is 2. The van der Waals surface area contributed by atoms with Crippen molar-refractivity contribution >= 4 is 21.9 Å². The van der Waals surface area contributed by atoms with Crippen LogP contribution in [-0.4, -0.2) is 30.1 Å². The summed E-state index contributed by atoms with van der Waals surface area (Å²) < 4.78 is 14.6. The molecule has 0 aliphatic heterocycles. The molecule has 0 aliphatic rings. The van der Waals surface area contributed by atoms with Crippen LogP contribution in [0.4, 0.5) is 10.3 Å². The molecular weight excluding hydrogens is 323 g/mol. The van der Waals surface area contributed by atoms with E-state index in [1.54, 1.807) is 24.5 Å². The van der Waals surface area contributed by atoms with E-state index in [0.29, 0.717) is 17.1 Å². The molecule has 0 fully saturated rings.